The van der Waals surface area contributed by atoms with Gasteiger partial charge >= 0.3 is 0 Å². The van der Waals surface area contributed by atoms with Crippen molar-refractivity contribution >= 4 is 0 Å². The van der Waals surface area contributed by atoms with Gasteiger partial charge in [0.25, 0.3) is 0 Å². The zero-order chi connectivity index (χ0) is 14.8. The third-order valence-corrected chi connectivity index (χ3v) is 4.02. The molecule has 0 saturated carbocycles. The van der Waals surface area contributed by atoms with Crippen LogP contribution in [0.1, 0.15) is 30.5 Å². The van der Waals surface area contributed by atoms with Crippen molar-refractivity contribution in [2.45, 2.75) is 39.8 Å². The van der Waals surface area contributed by atoms with Crippen LogP contribution < -0.4 is 10.1 Å². The first-order chi connectivity index (χ1) is 10.1. The number of rotatable bonds is 4. The highest BCUT2D eigenvalue weighted by atomic mass is 16.5. The number of aryl methyl sites for hydroxylation is 1. The van der Waals surface area contributed by atoms with Crippen LogP contribution in [-0.2, 0) is 13.0 Å². The van der Waals surface area contributed by atoms with Gasteiger partial charge in [0.15, 0.2) is 0 Å². The summed E-state index contributed by atoms with van der Waals surface area (Å²) in [4.78, 5) is 0. The molecule has 0 fully saturated rings. The van der Waals surface area contributed by atoms with E-state index in [1.54, 1.807) is 0 Å². The van der Waals surface area contributed by atoms with Gasteiger partial charge in [-0.1, -0.05) is 32.0 Å². The molecular weight excluding hydrogens is 258 g/mol. The maximum atomic E-state index is 5.60. The second-order valence-corrected chi connectivity index (χ2v) is 6.11. The largest absolute Gasteiger partial charge is 0.493 e. The van der Waals surface area contributed by atoms with Crippen molar-refractivity contribution in [1.29, 1.82) is 0 Å². The second-order valence-electron chi connectivity index (χ2n) is 6.11. The Morgan fingerprint density at radius 2 is 2.00 bits per heavy atom. The molecule has 3 rings (SSSR count). The van der Waals surface area contributed by atoms with Crippen LogP contribution in [0, 0.1) is 6.92 Å². The van der Waals surface area contributed by atoms with E-state index in [1.807, 2.05) is 0 Å². The second kappa shape index (κ2) is 5.90. The van der Waals surface area contributed by atoms with Crippen molar-refractivity contribution in [3.05, 3.63) is 53.1 Å². The minimum absolute atomic E-state index is 0.506. The fraction of sp³-hybridized carbons (Fsp3) is 0.368. The average molecular weight is 281 g/mol. The standard InChI is InChI=1S/C19H23NO/c1-13(2)20-12-15-5-4-14(3)18(10-15)16-6-7-19-17(11-16)8-9-21-19/h4-7,10-11,13,20H,8-9,12H2,1-3H3. The Balaban J connectivity index is 1.92. The molecule has 2 aromatic carbocycles. The van der Waals surface area contributed by atoms with Gasteiger partial charge in [-0.05, 0) is 52.9 Å². The van der Waals surface area contributed by atoms with Crippen molar-refractivity contribution < 1.29 is 4.74 Å². The molecule has 0 bridgehead atoms. The van der Waals surface area contributed by atoms with Gasteiger partial charge in [-0.3, -0.25) is 0 Å². The number of fused-ring (bicyclic) bond motifs is 1. The predicted molar refractivity (Wildman–Crippen MR) is 87.8 cm³/mol. The first-order valence-electron chi connectivity index (χ1n) is 7.72. The number of benzene rings is 2. The summed E-state index contributed by atoms with van der Waals surface area (Å²) in [6, 6.07) is 13.8. The maximum Gasteiger partial charge on any atom is 0.122 e. The molecule has 0 atom stereocenters. The van der Waals surface area contributed by atoms with Crippen molar-refractivity contribution in [2.75, 3.05) is 6.61 Å². The monoisotopic (exact) mass is 281 g/mol. The van der Waals surface area contributed by atoms with Crippen LogP contribution in [-0.4, -0.2) is 12.6 Å². The zero-order valence-electron chi connectivity index (χ0n) is 13.1. The molecule has 1 aliphatic rings. The molecule has 1 aliphatic heterocycles. The van der Waals surface area contributed by atoms with Crippen LogP contribution in [0.25, 0.3) is 11.1 Å². The van der Waals surface area contributed by atoms with Crippen LogP contribution in [0.15, 0.2) is 36.4 Å². The summed E-state index contributed by atoms with van der Waals surface area (Å²) >= 11 is 0. The van der Waals surface area contributed by atoms with E-state index in [0.29, 0.717) is 6.04 Å². The van der Waals surface area contributed by atoms with E-state index in [9.17, 15) is 0 Å². The fourth-order valence-electron chi connectivity index (χ4n) is 2.77. The Bertz CT molecular complexity index is 646. The minimum Gasteiger partial charge on any atom is -0.493 e. The highest BCUT2D eigenvalue weighted by molar-refractivity contribution is 5.70. The maximum absolute atomic E-state index is 5.60. The quantitative estimate of drug-likeness (QED) is 0.911. The molecule has 2 nitrogen and oxygen atoms in total. The van der Waals surface area contributed by atoms with Gasteiger partial charge in [0.2, 0.25) is 0 Å². The van der Waals surface area contributed by atoms with E-state index in [-0.39, 0.29) is 0 Å². The smallest absolute Gasteiger partial charge is 0.122 e. The molecule has 0 saturated heterocycles. The summed E-state index contributed by atoms with van der Waals surface area (Å²) in [5, 5.41) is 3.48. The predicted octanol–water partition coefficient (Wildman–Crippen LogP) is 4.09. The van der Waals surface area contributed by atoms with Gasteiger partial charge in [-0.2, -0.15) is 0 Å². The summed E-state index contributed by atoms with van der Waals surface area (Å²) < 4.78 is 5.60. The van der Waals surface area contributed by atoms with E-state index in [4.69, 9.17) is 4.74 Å². The lowest BCUT2D eigenvalue weighted by Crippen LogP contribution is -2.21. The van der Waals surface area contributed by atoms with Gasteiger partial charge < -0.3 is 10.1 Å². The van der Waals surface area contributed by atoms with Crippen molar-refractivity contribution in [1.82, 2.24) is 5.32 Å². The van der Waals surface area contributed by atoms with Gasteiger partial charge in [-0.15, -0.1) is 0 Å². The molecule has 110 valence electrons. The zero-order valence-corrected chi connectivity index (χ0v) is 13.1. The lowest BCUT2D eigenvalue weighted by atomic mass is 9.96. The Kier molecular flexibility index (Phi) is 3.98. The first kappa shape index (κ1) is 14.2. The van der Waals surface area contributed by atoms with Crippen LogP contribution >= 0.6 is 0 Å². The van der Waals surface area contributed by atoms with Gasteiger partial charge in [0.05, 0.1) is 6.61 Å². The summed E-state index contributed by atoms with van der Waals surface area (Å²) in [7, 11) is 0. The van der Waals surface area contributed by atoms with Crippen LogP contribution in [0.5, 0.6) is 5.75 Å². The molecule has 1 heterocycles. The Morgan fingerprint density at radius 3 is 2.81 bits per heavy atom. The number of ether oxygens (including phenoxy) is 1. The van der Waals surface area contributed by atoms with Gasteiger partial charge in [-0.25, -0.2) is 0 Å². The third kappa shape index (κ3) is 3.11. The topological polar surface area (TPSA) is 21.3 Å². The first-order valence-corrected chi connectivity index (χ1v) is 7.72. The molecule has 2 aromatic rings. The van der Waals surface area contributed by atoms with Crippen LogP contribution in [0.4, 0.5) is 0 Å². The van der Waals surface area contributed by atoms with Crippen molar-refractivity contribution in [2.24, 2.45) is 0 Å². The molecule has 0 unspecified atom stereocenters. The van der Waals surface area contributed by atoms with Crippen molar-refractivity contribution in [3.63, 3.8) is 0 Å². The molecule has 0 radical (unpaired) electrons. The van der Waals surface area contributed by atoms with E-state index < -0.39 is 0 Å². The Morgan fingerprint density at radius 1 is 1.14 bits per heavy atom. The number of nitrogens with one attached hydrogen (secondary N) is 1. The van der Waals surface area contributed by atoms with E-state index in [1.165, 1.54) is 27.8 Å². The highest BCUT2D eigenvalue weighted by Crippen LogP contribution is 2.32. The lowest BCUT2D eigenvalue weighted by Gasteiger charge is -2.12. The molecule has 1 N–H and O–H groups in total. The normalized spacial score (nSPS) is 13.3. The molecule has 0 amide bonds. The molecule has 21 heavy (non-hydrogen) atoms. The third-order valence-electron chi connectivity index (χ3n) is 4.02. The minimum atomic E-state index is 0.506. The molecule has 2 heteroatoms. The Labute approximate surface area is 127 Å². The SMILES string of the molecule is Cc1ccc(CNC(C)C)cc1-c1ccc2c(c1)CCO2. The number of hydrogen-bond acceptors (Lipinski definition) is 2. The molecule has 0 aromatic heterocycles. The van der Waals surface area contributed by atoms with E-state index in [0.717, 1.165) is 25.3 Å². The lowest BCUT2D eigenvalue weighted by molar-refractivity contribution is 0.357. The number of hydrogen-bond donors (Lipinski definition) is 1. The highest BCUT2D eigenvalue weighted by Gasteiger charge is 2.13. The molecule has 0 aliphatic carbocycles. The van der Waals surface area contributed by atoms with E-state index >= 15 is 0 Å². The van der Waals surface area contributed by atoms with Crippen molar-refractivity contribution in [3.8, 4) is 16.9 Å². The summed E-state index contributed by atoms with van der Waals surface area (Å²) in [5.41, 5.74) is 6.61. The summed E-state index contributed by atoms with van der Waals surface area (Å²) in [6.07, 6.45) is 1.02. The summed E-state index contributed by atoms with van der Waals surface area (Å²) in [5.74, 6) is 1.05. The Hall–Kier alpha value is -1.80. The van der Waals surface area contributed by atoms with Crippen LogP contribution in [0.3, 0.4) is 0 Å². The molecular formula is C19H23NO. The fourth-order valence-corrected chi connectivity index (χ4v) is 2.77. The van der Waals surface area contributed by atoms with Gasteiger partial charge in [0, 0.05) is 19.0 Å². The van der Waals surface area contributed by atoms with Gasteiger partial charge in [0.1, 0.15) is 5.75 Å². The summed E-state index contributed by atoms with van der Waals surface area (Å²) in [6.45, 7) is 8.26. The average Bonchev–Trinajstić information content (AvgIpc) is 2.93. The molecule has 0 spiro atoms. The van der Waals surface area contributed by atoms with Crippen LogP contribution in [0.2, 0.25) is 0 Å². The van der Waals surface area contributed by atoms with E-state index in [2.05, 4.69) is 62.5 Å².